The van der Waals surface area contributed by atoms with E-state index in [1.54, 1.807) is 0 Å². The quantitative estimate of drug-likeness (QED) is 0.634. The summed E-state index contributed by atoms with van der Waals surface area (Å²) in [6.07, 6.45) is 2.15. The van der Waals surface area contributed by atoms with Crippen LogP contribution in [0.25, 0.3) is 0 Å². The number of benzene rings is 1. The predicted octanol–water partition coefficient (Wildman–Crippen LogP) is 2.81. The van der Waals surface area contributed by atoms with Crippen molar-refractivity contribution in [1.82, 2.24) is 5.32 Å². The summed E-state index contributed by atoms with van der Waals surface area (Å²) in [5.41, 5.74) is 7.58. The molecule has 2 rings (SSSR count). The molecule has 0 bridgehead atoms. The molecule has 1 aromatic rings. The maximum absolute atomic E-state index is 5.94. The zero-order chi connectivity index (χ0) is 14.1. The van der Waals surface area contributed by atoms with Crippen LogP contribution in [0, 0.1) is 0 Å². The van der Waals surface area contributed by atoms with Crippen LogP contribution in [-0.2, 0) is 5.41 Å². The lowest BCUT2D eigenvalue weighted by Gasteiger charge is -2.44. The highest BCUT2D eigenvalue weighted by atomic mass is 15.1. The third-order valence-corrected chi connectivity index (χ3v) is 3.67. The van der Waals surface area contributed by atoms with E-state index in [-0.39, 0.29) is 11.0 Å². The van der Waals surface area contributed by atoms with E-state index in [4.69, 9.17) is 5.73 Å². The molecule has 3 nitrogen and oxygen atoms in total. The summed E-state index contributed by atoms with van der Waals surface area (Å²) in [5.74, 6) is 0.563. The monoisotopic (exact) mass is 259 g/mol. The molecular formula is C16H25N3. The highest BCUT2D eigenvalue weighted by Gasteiger charge is 2.41. The second-order valence-corrected chi connectivity index (χ2v) is 6.88. The average Bonchev–Trinajstić information content (AvgIpc) is 2.25. The summed E-state index contributed by atoms with van der Waals surface area (Å²) in [6, 6.07) is 11.0. The number of aliphatic imine (C=N–C) groups is 1. The normalized spacial score (nSPS) is 27.8. The van der Waals surface area contributed by atoms with Crippen LogP contribution in [0.3, 0.4) is 0 Å². The molecule has 0 radical (unpaired) electrons. The Morgan fingerprint density at radius 3 is 2.37 bits per heavy atom. The fraction of sp³-hybridized carbons (Fsp3) is 0.562. The lowest BCUT2D eigenvalue weighted by atomic mass is 9.63. The Morgan fingerprint density at radius 1 is 1.26 bits per heavy atom. The minimum atomic E-state index is -0.0277. The summed E-state index contributed by atoms with van der Waals surface area (Å²) in [4.78, 5) is 4.57. The van der Waals surface area contributed by atoms with Crippen molar-refractivity contribution in [2.45, 2.75) is 57.5 Å². The summed E-state index contributed by atoms with van der Waals surface area (Å²) in [5, 5.41) is 3.21. The number of rotatable bonds is 2. The molecule has 1 saturated carbocycles. The SMILES string of the molecule is CC(C)(C)NC(N)=NC1CC(C)(c2ccccc2)C1. The Morgan fingerprint density at radius 2 is 1.84 bits per heavy atom. The zero-order valence-corrected chi connectivity index (χ0v) is 12.4. The van der Waals surface area contributed by atoms with E-state index in [9.17, 15) is 0 Å². The molecule has 3 heteroatoms. The first-order valence-corrected chi connectivity index (χ1v) is 6.95. The number of nitrogens with two attached hydrogens (primary N) is 1. The molecule has 0 heterocycles. The minimum absolute atomic E-state index is 0.0277. The summed E-state index contributed by atoms with van der Waals surface area (Å²) in [6.45, 7) is 8.57. The van der Waals surface area contributed by atoms with Crippen molar-refractivity contribution in [3.05, 3.63) is 35.9 Å². The lowest BCUT2D eigenvalue weighted by Crippen LogP contribution is -2.48. The number of nitrogens with one attached hydrogen (secondary N) is 1. The van der Waals surface area contributed by atoms with Gasteiger partial charge in [0.2, 0.25) is 0 Å². The van der Waals surface area contributed by atoms with Crippen LogP contribution in [-0.4, -0.2) is 17.5 Å². The molecule has 0 amide bonds. The van der Waals surface area contributed by atoms with E-state index in [1.165, 1.54) is 5.56 Å². The highest BCUT2D eigenvalue weighted by molar-refractivity contribution is 5.78. The third-order valence-electron chi connectivity index (χ3n) is 3.67. The average molecular weight is 259 g/mol. The zero-order valence-electron chi connectivity index (χ0n) is 12.4. The van der Waals surface area contributed by atoms with Crippen LogP contribution in [0.1, 0.15) is 46.1 Å². The molecule has 0 saturated heterocycles. The Bertz CT molecular complexity index is 451. The van der Waals surface area contributed by atoms with E-state index in [0.29, 0.717) is 12.0 Å². The Kier molecular flexibility index (Phi) is 3.57. The first kappa shape index (κ1) is 13.9. The number of nitrogens with zero attached hydrogens (tertiary/aromatic N) is 1. The largest absolute Gasteiger partial charge is 0.370 e. The van der Waals surface area contributed by atoms with Gasteiger partial charge in [-0.1, -0.05) is 37.3 Å². The van der Waals surface area contributed by atoms with Gasteiger partial charge in [0.05, 0.1) is 6.04 Å². The summed E-state index contributed by atoms with van der Waals surface area (Å²) in [7, 11) is 0. The molecule has 0 aromatic heterocycles. The van der Waals surface area contributed by atoms with Crippen molar-refractivity contribution in [2.24, 2.45) is 10.7 Å². The van der Waals surface area contributed by atoms with Crippen molar-refractivity contribution in [2.75, 3.05) is 0 Å². The molecule has 0 aliphatic heterocycles. The molecule has 1 aliphatic rings. The van der Waals surface area contributed by atoms with E-state index in [1.807, 2.05) is 0 Å². The third kappa shape index (κ3) is 3.49. The molecule has 0 atom stereocenters. The van der Waals surface area contributed by atoms with Gasteiger partial charge in [-0.25, -0.2) is 0 Å². The Balaban J connectivity index is 1.94. The van der Waals surface area contributed by atoms with E-state index in [0.717, 1.165) is 12.8 Å². The van der Waals surface area contributed by atoms with Crippen molar-refractivity contribution in [3.63, 3.8) is 0 Å². The minimum Gasteiger partial charge on any atom is -0.370 e. The Labute approximate surface area is 116 Å². The summed E-state index contributed by atoms with van der Waals surface area (Å²) < 4.78 is 0. The number of hydrogen-bond acceptors (Lipinski definition) is 1. The van der Waals surface area contributed by atoms with Gasteiger partial charge in [-0.05, 0) is 44.6 Å². The van der Waals surface area contributed by atoms with Gasteiger partial charge in [-0.2, -0.15) is 0 Å². The van der Waals surface area contributed by atoms with Crippen LogP contribution in [0.15, 0.2) is 35.3 Å². The van der Waals surface area contributed by atoms with Gasteiger partial charge < -0.3 is 11.1 Å². The molecule has 3 N–H and O–H groups in total. The standard InChI is InChI=1S/C16H25N3/c1-15(2,3)19-14(17)18-13-10-16(4,11-13)12-8-6-5-7-9-12/h5-9,13H,10-11H2,1-4H3,(H3,17,18,19). The first-order valence-electron chi connectivity index (χ1n) is 6.95. The second kappa shape index (κ2) is 4.87. The van der Waals surface area contributed by atoms with E-state index < -0.39 is 0 Å². The molecule has 1 aliphatic carbocycles. The molecule has 19 heavy (non-hydrogen) atoms. The van der Waals surface area contributed by atoms with Gasteiger partial charge >= 0.3 is 0 Å². The van der Waals surface area contributed by atoms with E-state index in [2.05, 4.69) is 68.3 Å². The molecule has 104 valence electrons. The molecular weight excluding hydrogens is 234 g/mol. The van der Waals surface area contributed by atoms with Crippen molar-refractivity contribution in [1.29, 1.82) is 0 Å². The van der Waals surface area contributed by atoms with Gasteiger partial charge in [-0.3, -0.25) is 4.99 Å². The maximum atomic E-state index is 5.94. The fourth-order valence-corrected chi connectivity index (χ4v) is 2.76. The van der Waals surface area contributed by atoms with Crippen LogP contribution >= 0.6 is 0 Å². The van der Waals surface area contributed by atoms with Gasteiger partial charge in [0.15, 0.2) is 5.96 Å². The van der Waals surface area contributed by atoms with Gasteiger partial charge in [-0.15, -0.1) is 0 Å². The van der Waals surface area contributed by atoms with Crippen molar-refractivity contribution < 1.29 is 0 Å². The van der Waals surface area contributed by atoms with E-state index >= 15 is 0 Å². The smallest absolute Gasteiger partial charge is 0.189 e. The van der Waals surface area contributed by atoms with Gasteiger partial charge in [0.1, 0.15) is 0 Å². The highest BCUT2D eigenvalue weighted by Crippen LogP contribution is 2.44. The van der Waals surface area contributed by atoms with Crippen LogP contribution in [0.5, 0.6) is 0 Å². The molecule has 1 aromatic carbocycles. The molecule has 0 spiro atoms. The number of guanidine groups is 1. The summed E-state index contributed by atoms with van der Waals surface area (Å²) >= 11 is 0. The van der Waals surface area contributed by atoms with Crippen LogP contribution < -0.4 is 11.1 Å². The molecule has 0 unspecified atom stereocenters. The molecule has 1 fully saturated rings. The first-order chi connectivity index (χ1) is 8.78. The van der Waals surface area contributed by atoms with Crippen LogP contribution in [0.4, 0.5) is 0 Å². The fourth-order valence-electron chi connectivity index (χ4n) is 2.76. The topological polar surface area (TPSA) is 50.4 Å². The lowest BCUT2D eigenvalue weighted by molar-refractivity contribution is 0.228. The Hall–Kier alpha value is -1.51. The second-order valence-electron chi connectivity index (χ2n) is 6.88. The van der Waals surface area contributed by atoms with Crippen molar-refractivity contribution in [3.8, 4) is 0 Å². The van der Waals surface area contributed by atoms with Crippen LogP contribution in [0.2, 0.25) is 0 Å². The number of hydrogen-bond donors (Lipinski definition) is 2. The van der Waals surface area contributed by atoms with Gasteiger partial charge in [0, 0.05) is 5.54 Å². The maximum Gasteiger partial charge on any atom is 0.189 e. The van der Waals surface area contributed by atoms with Gasteiger partial charge in [0.25, 0.3) is 0 Å². The van der Waals surface area contributed by atoms with Crippen molar-refractivity contribution >= 4 is 5.96 Å². The predicted molar refractivity (Wildman–Crippen MR) is 81.3 cm³/mol.